The summed E-state index contributed by atoms with van der Waals surface area (Å²) in [5.74, 6) is 0.855. The second-order valence-electron chi connectivity index (χ2n) is 5.15. The van der Waals surface area contributed by atoms with Gasteiger partial charge in [0.25, 0.3) is 5.91 Å². The van der Waals surface area contributed by atoms with Crippen LogP contribution in [0.1, 0.15) is 21.8 Å². The number of nitrogens with zero attached hydrogens (tertiary/aromatic N) is 1. The molecule has 0 bridgehead atoms. The van der Waals surface area contributed by atoms with E-state index < -0.39 is 0 Å². The third-order valence-corrected chi connectivity index (χ3v) is 3.29. The Labute approximate surface area is 134 Å². The summed E-state index contributed by atoms with van der Waals surface area (Å²) in [7, 11) is 0. The summed E-state index contributed by atoms with van der Waals surface area (Å²) >= 11 is 0. The van der Waals surface area contributed by atoms with Crippen LogP contribution in [0, 0.1) is 6.92 Å². The van der Waals surface area contributed by atoms with Crippen molar-refractivity contribution in [3.05, 3.63) is 77.9 Å². The van der Waals surface area contributed by atoms with E-state index in [1.807, 2.05) is 49.4 Å². The lowest BCUT2D eigenvalue weighted by atomic mass is 10.2. The minimum atomic E-state index is -0.263. The normalized spacial score (nSPS) is 10.3. The first-order chi connectivity index (χ1) is 11.2. The molecule has 3 rings (SSSR count). The SMILES string of the molecule is Cc1cccc(NCc2cccc(NC(=O)c3ccco3)c2)n1. The molecule has 0 atom stereocenters. The Balaban J connectivity index is 1.64. The van der Waals surface area contributed by atoms with E-state index in [1.165, 1.54) is 6.26 Å². The molecule has 2 heterocycles. The molecule has 0 aliphatic heterocycles. The van der Waals surface area contributed by atoms with E-state index in [2.05, 4.69) is 15.6 Å². The molecule has 0 fully saturated rings. The largest absolute Gasteiger partial charge is 0.459 e. The number of pyridine rings is 1. The minimum absolute atomic E-state index is 0.263. The van der Waals surface area contributed by atoms with Crippen LogP contribution in [0.3, 0.4) is 0 Å². The predicted molar refractivity (Wildman–Crippen MR) is 89.4 cm³/mol. The Morgan fingerprint density at radius 2 is 2.00 bits per heavy atom. The molecule has 5 heteroatoms. The van der Waals surface area contributed by atoms with Gasteiger partial charge in [-0.1, -0.05) is 18.2 Å². The van der Waals surface area contributed by atoms with Crippen molar-refractivity contribution in [1.29, 1.82) is 0 Å². The topological polar surface area (TPSA) is 67.2 Å². The van der Waals surface area contributed by atoms with Gasteiger partial charge < -0.3 is 15.1 Å². The molecule has 0 unspecified atom stereocenters. The highest BCUT2D eigenvalue weighted by molar-refractivity contribution is 6.02. The fourth-order valence-corrected chi connectivity index (χ4v) is 2.19. The van der Waals surface area contributed by atoms with Crippen molar-refractivity contribution in [2.75, 3.05) is 10.6 Å². The van der Waals surface area contributed by atoms with Crippen LogP contribution in [0.5, 0.6) is 0 Å². The van der Waals surface area contributed by atoms with Crippen molar-refractivity contribution in [1.82, 2.24) is 4.98 Å². The molecule has 0 saturated carbocycles. The number of carbonyl (C=O) groups is 1. The zero-order valence-corrected chi connectivity index (χ0v) is 12.7. The molecule has 0 spiro atoms. The Kier molecular flexibility index (Phi) is 4.38. The summed E-state index contributed by atoms with van der Waals surface area (Å²) in [6.07, 6.45) is 1.48. The molecule has 0 aliphatic carbocycles. The van der Waals surface area contributed by atoms with Gasteiger partial charge in [0.2, 0.25) is 0 Å². The number of amides is 1. The third kappa shape index (κ3) is 3.97. The van der Waals surface area contributed by atoms with E-state index in [-0.39, 0.29) is 11.7 Å². The third-order valence-electron chi connectivity index (χ3n) is 3.29. The summed E-state index contributed by atoms with van der Waals surface area (Å²) in [5, 5.41) is 6.08. The number of anilines is 2. The van der Waals surface area contributed by atoms with Crippen LogP contribution in [0.4, 0.5) is 11.5 Å². The number of aryl methyl sites for hydroxylation is 1. The van der Waals surface area contributed by atoms with Gasteiger partial charge in [-0.25, -0.2) is 4.98 Å². The maximum atomic E-state index is 12.0. The highest BCUT2D eigenvalue weighted by Crippen LogP contribution is 2.14. The van der Waals surface area contributed by atoms with Gasteiger partial charge in [0, 0.05) is 17.9 Å². The molecule has 0 radical (unpaired) electrons. The van der Waals surface area contributed by atoms with Gasteiger partial charge in [-0.2, -0.15) is 0 Å². The van der Waals surface area contributed by atoms with E-state index in [0.29, 0.717) is 6.54 Å². The number of aromatic nitrogens is 1. The van der Waals surface area contributed by atoms with Crippen molar-refractivity contribution < 1.29 is 9.21 Å². The average Bonchev–Trinajstić information content (AvgIpc) is 3.08. The Morgan fingerprint density at radius 1 is 1.13 bits per heavy atom. The number of benzene rings is 1. The average molecular weight is 307 g/mol. The van der Waals surface area contributed by atoms with Crippen molar-refractivity contribution in [3.63, 3.8) is 0 Å². The monoisotopic (exact) mass is 307 g/mol. The van der Waals surface area contributed by atoms with Gasteiger partial charge in [0.15, 0.2) is 5.76 Å². The van der Waals surface area contributed by atoms with Crippen LogP contribution < -0.4 is 10.6 Å². The fraction of sp³-hybridized carbons (Fsp3) is 0.111. The van der Waals surface area contributed by atoms with Crippen LogP contribution >= 0.6 is 0 Å². The first kappa shape index (κ1) is 14.8. The molecule has 1 amide bonds. The number of hydrogen-bond donors (Lipinski definition) is 2. The molecule has 1 aromatic carbocycles. The van der Waals surface area contributed by atoms with Gasteiger partial charge in [-0.3, -0.25) is 4.79 Å². The molecule has 116 valence electrons. The second-order valence-corrected chi connectivity index (χ2v) is 5.15. The first-order valence-corrected chi connectivity index (χ1v) is 7.32. The Morgan fingerprint density at radius 3 is 2.78 bits per heavy atom. The van der Waals surface area contributed by atoms with Crippen LogP contribution in [0.25, 0.3) is 0 Å². The van der Waals surface area contributed by atoms with Gasteiger partial charge in [0.05, 0.1) is 6.26 Å². The number of hydrogen-bond acceptors (Lipinski definition) is 4. The predicted octanol–water partition coefficient (Wildman–Crippen LogP) is 3.85. The summed E-state index contributed by atoms with van der Waals surface area (Å²) in [5.41, 5.74) is 2.74. The molecule has 2 N–H and O–H groups in total. The molecule has 3 aromatic rings. The van der Waals surface area contributed by atoms with Gasteiger partial charge >= 0.3 is 0 Å². The van der Waals surface area contributed by atoms with Crippen LogP contribution in [0.2, 0.25) is 0 Å². The standard InChI is InChI=1S/C18H17N3O2/c1-13-5-2-9-17(20-13)19-12-14-6-3-7-15(11-14)21-18(22)16-8-4-10-23-16/h2-11H,12H2,1H3,(H,19,20)(H,21,22). The molecule has 0 aliphatic rings. The van der Waals surface area contributed by atoms with Crippen molar-refractivity contribution in [2.45, 2.75) is 13.5 Å². The fourth-order valence-electron chi connectivity index (χ4n) is 2.19. The first-order valence-electron chi connectivity index (χ1n) is 7.32. The highest BCUT2D eigenvalue weighted by Gasteiger charge is 2.08. The lowest BCUT2D eigenvalue weighted by Gasteiger charge is -2.09. The molecular weight excluding hydrogens is 290 g/mol. The molecule has 5 nitrogen and oxygen atoms in total. The molecule has 23 heavy (non-hydrogen) atoms. The number of rotatable bonds is 5. The van der Waals surface area contributed by atoms with Crippen molar-refractivity contribution in [3.8, 4) is 0 Å². The van der Waals surface area contributed by atoms with E-state index in [0.717, 1.165) is 22.8 Å². The lowest BCUT2D eigenvalue weighted by molar-refractivity contribution is 0.0996. The summed E-state index contributed by atoms with van der Waals surface area (Å²) in [6.45, 7) is 2.58. The Hall–Kier alpha value is -3.08. The van der Waals surface area contributed by atoms with Crippen molar-refractivity contribution in [2.24, 2.45) is 0 Å². The van der Waals surface area contributed by atoms with E-state index >= 15 is 0 Å². The maximum Gasteiger partial charge on any atom is 0.291 e. The number of nitrogens with one attached hydrogen (secondary N) is 2. The van der Waals surface area contributed by atoms with Gasteiger partial charge in [-0.15, -0.1) is 0 Å². The van der Waals surface area contributed by atoms with Gasteiger partial charge in [-0.05, 0) is 48.9 Å². The summed E-state index contributed by atoms with van der Waals surface area (Å²) in [6, 6.07) is 16.8. The highest BCUT2D eigenvalue weighted by atomic mass is 16.3. The van der Waals surface area contributed by atoms with Crippen LogP contribution in [0.15, 0.2) is 65.3 Å². The Bertz CT molecular complexity index is 798. The summed E-state index contributed by atoms with van der Waals surface area (Å²) < 4.78 is 5.08. The van der Waals surface area contributed by atoms with Crippen LogP contribution in [-0.2, 0) is 6.54 Å². The zero-order chi connectivity index (χ0) is 16.1. The smallest absolute Gasteiger partial charge is 0.291 e. The van der Waals surface area contributed by atoms with E-state index in [9.17, 15) is 4.79 Å². The number of furan rings is 1. The molecule has 2 aromatic heterocycles. The van der Waals surface area contributed by atoms with E-state index in [4.69, 9.17) is 4.42 Å². The molecule has 0 saturated heterocycles. The van der Waals surface area contributed by atoms with Gasteiger partial charge in [0.1, 0.15) is 5.82 Å². The number of carbonyl (C=O) groups excluding carboxylic acids is 1. The van der Waals surface area contributed by atoms with Crippen LogP contribution in [-0.4, -0.2) is 10.9 Å². The quantitative estimate of drug-likeness (QED) is 0.751. The summed E-state index contributed by atoms with van der Waals surface area (Å²) in [4.78, 5) is 16.4. The second kappa shape index (κ2) is 6.79. The zero-order valence-electron chi connectivity index (χ0n) is 12.7. The minimum Gasteiger partial charge on any atom is -0.459 e. The molecular formula is C18H17N3O2. The maximum absolute atomic E-state index is 12.0. The van der Waals surface area contributed by atoms with Crippen molar-refractivity contribution >= 4 is 17.4 Å². The van der Waals surface area contributed by atoms with E-state index in [1.54, 1.807) is 12.1 Å². The lowest BCUT2D eigenvalue weighted by Crippen LogP contribution is -2.11.